The molecule has 0 nitrogen and oxygen atoms in total. The molecule has 1 rings (SSSR count). The van der Waals surface area contributed by atoms with Gasteiger partial charge in [0.2, 0.25) is 0 Å². The van der Waals surface area contributed by atoms with Crippen molar-refractivity contribution in [2.45, 2.75) is 29.1 Å². The zero-order valence-corrected chi connectivity index (χ0v) is 11.7. The van der Waals surface area contributed by atoms with Crippen LogP contribution in [0.4, 0.5) is 0 Å². The van der Waals surface area contributed by atoms with Gasteiger partial charge in [-0.15, -0.1) is 0 Å². The summed E-state index contributed by atoms with van der Waals surface area (Å²) in [6, 6.07) is 0. The first-order chi connectivity index (χ1) is 4.89. The van der Waals surface area contributed by atoms with Crippen molar-refractivity contribution in [3.63, 3.8) is 0 Å². The number of halogens is 2. The van der Waals surface area contributed by atoms with E-state index in [-0.39, 0.29) is 0 Å². The van der Waals surface area contributed by atoms with Gasteiger partial charge < -0.3 is 0 Å². The molecule has 0 aromatic carbocycles. The molecule has 0 amide bonds. The molecule has 64 valence electrons. The Labute approximate surface area is 96.5 Å². The van der Waals surface area contributed by atoms with Crippen LogP contribution in [0.3, 0.4) is 0 Å². The molecule has 1 aliphatic rings. The van der Waals surface area contributed by atoms with E-state index in [9.17, 15) is 0 Å². The zero-order chi connectivity index (χ0) is 8.81. The van der Waals surface area contributed by atoms with E-state index >= 15 is 0 Å². The molecule has 0 saturated heterocycles. The molecule has 2 heteroatoms. The van der Waals surface area contributed by atoms with E-state index in [4.69, 9.17) is 0 Å². The predicted octanol–water partition coefficient (Wildman–Crippen LogP) is 4.17. The van der Waals surface area contributed by atoms with Crippen molar-refractivity contribution in [1.82, 2.24) is 0 Å². The SMILES string of the molecule is CC(C)C1=C(C(C)C)C1(I)I. The van der Waals surface area contributed by atoms with Crippen LogP contribution in [0.15, 0.2) is 11.1 Å². The van der Waals surface area contributed by atoms with Gasteiger partial charge in [-0.05, 0) is 23.0 Å². The summed E-state index contributed by atoms with van der Waals surface area (Å²) >= 11 is 5.11. The summed E-state index contributed by atoms with van der Waals surface area (Å²) in [4.78, 5) is 0. The Morgan fingerprint density at radius 2 is 1.18 bits per heavy atom. The average Bonchev–Trinajstić information content (AvgIpc) is 2.33. The fourth-order valence-electron chi connectivity index (χ4n) is 1.62. The summed E-state index contributed by atoms with van der Waals surface area (Å²) in [5, 5.41) is 0. The molecule has 0 bridgehead atoms. The van der Waals surface area contributed by atoms with E-state index in [1.807, 2.05) is 0 Å². The molecule has 0 unspecified atom stereocenters. The fourth-order valence-corrected chi connectivity index (χ4v) is 5.00. The highest BCUT2D eigenvalue weighted by Crippen LogP contribution is 2.62. The monoisotopic (exact) mass is 376 g/mol. The van der Waals surface area contributed by atoms with Gasteiger partial charge in [0, 0.05) is 0 Å². The highest BCUT2D eigenvalue weighted by Gasteiger charge is 2.50. The molecule has 0 aromatic heterocycles. The first-order valence-electron chi connectivity index (χ1n) is 4.01. The van der Waals surface area contributed by atoms with E-state index in [2.05, 4.69) is 72.9 Å². The van der Waals surface area contributed by atoms with Gasteiger partial charge in [-0.1, -0.05) is 72.9 Å². The Bertz CT molecular complexity index is 180. The van der Waals surface area contributed by atoms with Gasteiger partial charge in [0.25, 0.3) is 0 Å². The highest BCUT2D eigenvalue weighted by molar-refractivity contribution is 14.2. The van der Waals surface area contributed by atoms with E-state index < -0.39 is 0 Å². The van der Waals surface area contributed by atoms with Crippen LogP contribution in [0.25, 0.3) is 0 Å². The van der Waals surface area contributed by atoms with Crippen LogP contribution in [0.2, 0.25) is 0 Å². The molecule has 0 heterocycles. The number of hydrogen-bond donors (Lipinski definition) is 0. The summed E-state index contributed by atoms with van der Waals surface area (Å²) in [5.41, 5.74) is 3.35. The first kappa shape index (κ1) is 10.3. The zero-order valence-electron chi connectivity index (χ0n) is 7.41. The quantitative estimate of drug-likeness (QED) is 0.386. The van der Waals surface area contributed by atoms with Crippen LogP contribution < -0.4 is 0 Å². The molecule has 0 aliphatic heterocycles. The van der Waals surface area contributed by atoms with E-state index in [0.29, 0.717) is 1.43 Å². The maximum Gasteiger partial charge on any atom is 0.116 e. The fraction of sp³-hybridized carbons (Fsp3) is 0.778. The van der Waals surface area contributed by atoms with Gasteiger partial charge >= 0.3 is 0 Å². The minimum atomic E-state index is 0.401. The summed E-state index contributed by atoms with van der Waals surface area (Å²) in [6.45, 7) is 9.15. The molecule has 0 atom stereocenters. The Kier molecular flexibility index (Phi) is 2.95. The highest BCUT2D eigenvalue weighted by atomic mass is 127. The summed E-state index contributed by atoms with van der Waals surface area (Å²) < 4.78 is 0.401. The maximum absolute atomic E-state index is 2.56. The smallest absolute Gasteiger partial charge is 0.0589 e. The number of alkyl halides is 2. The van der Waals surface area contributed by atoms with Crippen LogP contribution in [0.5, 0.6) is 0 Å². The number of rotatable bonds is 2. The minimum Gasteiger partial charge on any atom is -0.0589 e. The van der Waals surface area contributed by atoms with Crippen LogP contribution in [-0.2, 0) is 0 Å². The lowest BCUT2D eigenvalue weighted by Crippen LogP contribution is -1.97. The Morgan fingerprint density at radius 1 is 0.909 bits per heavy atom. The van der Waals surface area contributed by atoms with Gasteiger partial charge in [-0.2, -0.15) is 0 Å². The van der Waals surface area contributed by atoms with Crippen molar-refractivity contribution in [1.29, 1.82) is 0 Å². The standard InChI is InChI=1S/C9H14I2/c1-5(2)7-8(6(3)4)9(7,10)11/h5-6H,1-4H3. The molecule has 0 radical (unpaired) electrons. The summed E-state index contributed by atoms with van der Waals surface area (Å²) in [7, 11) is 0. The third-order valence-electron chi connectivity index (χ3n) is 2.06. The third kappa shape index (κ3) is 1.76. The Balaban J connectivity index is 2.79. The largest absolute Gasteiger partial charge is 0.116 e. The molecule has 0 saturated carbocycles. The Hall–Kier alpha value is 1.20. The van der Waals surface area contributed by atoms with E-state index in [1.165, 1.54) is 0 Å². The van der Waals surface area contributed by atoms with Gasteiger partial charge in [0.15, 0.2) is 0 Å². The van der Waals surface area contributed by atoms with Crippen molar-refractivity contribution in [3.8, 4) is 0 Å². The summed E-state index contributed by atoms with van der Waals surface area (Å²) in [6.07, 6.45) is 0. The molecular weight excluding hydrogens is 362 g/mol. The predicted molar refractivity (Wildman–Crippen MR) is 67.5 cm³/mol. The third-order valence-corrected chi connectivity index (χ3v) is 4.38. The van der Waals surface area contributed by atoms with Gasteiger partial charge in [0.1, 0.15) is 1.43 Å². The van der Waals surface area contributed by atoms with Gasteiger partial charge in [0.05, 0.1) is 0 Å². The van der Waals surface area contributed by atoms with E-state index in [1.54, 1.807) is 11.1 Å². The van der Waals surface area contributed by atoms with E-state index in [0.717, 1.165) is 11.8 Å². The Morgan fingerprint density at radius 3 is 1.27 bits per heavy atom. The summed E-state index contributed by atoms with van der Waals surface area (Å²) in [5.74, 6) is 1.47. The molecule has 1 aliphatic carbocycles. The molecule has 0 spiro atoms. The number of hydrogen-bond acceptors (Lipinski definition) is 0. The first-order valence-corrected chi connectivity index (χ1v) is 6.17. The van der Waals surface area contributed by atoms with Crippen molar-refractivity contribution in [3.05, 3.63) is 11.1 Å². The van der Waals surface area contributed by atoms with Crippen molar-refractivity contribution < 1.29 is 0 Å². The second-order valence-electron chi connectivity index (χ2n) is 3.71. The van der Waals surface area contributed by atoms with Crippen molar-refractivity contribution in [2.75, 3.05) is 0 Å². The minimum absolute atomic E-state index is 0.401. The average molecular weight is 376 g/mol. The van der Waals surface area contributed by atoms with Crippen LogP contribution in [0, 0.1) is 11.8 Å². The maximum atomic E-state index is 2.56. The van der Waals surface area contributed by atoms with Crippen LogP contribution in [0.1, 0.15) is 27.7 Å². The lowest BCUT2D eigenvalue weighted by Gasteiger charge is -2.04. The normalized spacial score (nSPS) is 21.8. The van der Waals surface area contributed by atoms with Gasteiger partial charge in [-0.25, -0.2) is 0 Å². The van der Waals surface area contributed by atoms with Crippen LogP contribution >= 0.6 is 45.2 Å². The molecule has 0 aromatic rings. The number of allylic oxidation sites excluding steroid dienone is 2. The van der Waals surface area contributed by atoms with Crippen LogP contribution in [-0.4, -0.2) is 1.43 Å². The lowest BCUT2D eigenvalue weighted by molar-refractivity contribution is 0.780. The molecule has 0 fully saturated rings. The lowest BCUT2D eigenvalue weighted by atomic mass is 10.1. The topological polar surface area (TPSA) is 0 Å². The van der Waals surface area contributed by atoms with Crippen molar-refractivity contribution >= 4 is 45.2 Å². The molecule has 11 heavy (non-hydrogen) atoms. The molecule has 0 N–H and O–H groups in total. The molecular formula is C9H14I2. The van der Waals surface area contributed by atoms with Crippen molar-refractivity contribution in [2.24, 2.45) is 11.8 Å². The second kappa shape index (κ2) is 3.16. The second-order valence-corrected chi connectivity index (χ2v) is 9.01. The van der Waals surface area contributed by atoms with Gasteiger partial charge in [-0.3, -0.25) is 0 Å².